The molecule has 0 spiro atoms. The van der Waals surface area contributed by atoms with Crippen molar-refractivity contribution in [3.63, 3.8) is 0 Å². The highest BCUT2D eigenvalue weighted by molar-refractivity contribution is 6.67. The molecule has 2 heteroatoms. The van der Waals surface area contributed by atoms with Crippen molar-refractivity contribution in [1.29, 1.82) is 0 Å². The average Bonchev–Trinajstić information content (AvgIpc) is 3.52. The summed E-state index contributed by atoms with van der Waals surface area (Å²) in [6.07, 6.45) is 0. The Morgan fingerprint density at radius 2 is 0.860 bits per heavy atom. The molecule has 10 rings (SSSR count). The van der Waals surface area contributed by atoms with Crippen LogP contribution in [-0.4, -0.2) is 14.1 Å². The van der Waals surface area contributed by atoms with Gasteiger partial charge in [-0.25, -0.2) is 0 Å². The molecule has 0 unspecified atom stereocenters. The molecule has 0 bridgehead atoms. The SMILES string of the molecule is c1ccc([SiH2]c2ccc3c(-c4ccc5ccccc5c4)c4ccccc4c(-c4ccc(-n5c6ccccc6c6ccccc65)cc4)c3c2)cc1. The smallest absolute Gasteiger partial charge is 0.0875 e. The van der Waals surface area contributed by atoms with Crippen LogP contribution in [-0.2, 0) is 0 Å². The van der Waals surface area contributed by atoms with Gasteiger partial charge in [0.1, 0.15) is 0 Å². The summed E-state index contributed by atoms with van der Waals surface area (Å²) in [4.78, 5) is 0. The molecule has 234 valence electrons. The van der Waals surface area contributed by atoms with E-state index < -0.39 is 9.52 Å². The zero-order valence-electron chi connectivity index (χ0n) is 27.6. The van der Waals surface area contributed by atoms with E-state index in [1.807, 2.05) is 0 Å². The normalized spacial score (nSPS) is 11.9. The molecule has 0 fully saturated rings. The standard InChI is InChI=1S/C48H33NSi/c1-2-14-37(15-3-1)50-38-28-29-43-44(31-38)47(41-18-6-7-19-42(41)48(43)35-23-22-32-12-4-5-13-34(32)30-35)33-24-26-36(27-25-33)49-45-20-10-8-16-39(45)40-17-9-11-21-46(40)49/h1-31H,50H2. The van der Waals surface area contributed by atoms with E-state index in [1.165, 1.54) is 92.4 Å². The molecule has 1 aromatic heterocycles. The molecule has 0 N–H and O–H groups in total. The highest BCUT2D eigenvalue weighted by Gasteiger charge is 2.18. The molecule has 1 heterocycles. The van der Waals surface area contributed by atoms with Gasteiger partial charge in [0.25, 0.3) is 0 Å². The van der Waals surface area contributed by atoms with Crippen LogP contribution in [0.5, 0.6) is 0 Å². The second-order valence-corrected chi connectivity index (χ2v) is 15.3. The van der Waals surface area contributed by atoms with E-state index in [0.29, 0.717) is 0 Å². The van der Waals surface area contributed by atoms with Gasteiger partial charge in [0.05, 0.1) is 20.6 Å². The number of fused-ring (bicyclic) bond motifs is 6. The van der Waals surface area contributed by atoms with Gasteiger partial charge in [-0.05, 0) is 84.9 Å². The van der Waals surface area contributed by atoms with Gasteiger partial charge in [-0.3, -0.25) is 0 Å². The van der Waals surface area contributed by atoms with Crippen molar-refractivity contribution in [2.45, 2.75) is 0 Å². The van der Waals surface area contributed by atoms with Gasteiger partial charge in [-0.2, -0.15) is 0 Å². The molecule has 0 aliphatic rings. The molecule has 0 radical (unpaired) electrons. The first kappa shape index (κ1) is 28.8. The van der Waals surface area contributed by atoms with Crippen molar-refractivity contribution >= 4 is 74.0 Å². The van der Waals surface area contributed by atoms with Gasteiger partial charge < -0.3 is 4.57 Å². The summed E-state index contributed by atoms with van der Waals surface area (Å²) in [6, 6.07) is 69.6. The lowest BCUT2D eigenvalue weighted by atomic mass is 9.85. The van der Waals surface area contributed by atoms with Gasteiger partial charge in [0, 0.05) is 16.5 Å². The molecule has 0 aliphatic heterocycles. The summed E-state index contributed by atoms with van der Waals surface area (Å²) >= 11 is 0. The van der Waals surface area contributed by atoms with Crippen LogP contribution in [0.25, 0.3) is 82.1 Å². The Kier molecular flexibility index (Phi) is 6.75. The van der Waals surface area contributed by atoms with Crippen molar-refractivity contribution in [3.8, 4) is 27.9 Å². The van der Waals surface area contributed by atoms with E-state index in [0.717, 1.165) is 0 Å². The maximum Gasteiger partial charge on any atom is 0.0875 e. The van der Waals surface area contributed by atoms with E-state index in [1.54, 1.807) is 0 Å². The van der Waals surface area contributed by atoms with Gasteiger partial charge in [-0.15, -0.1) is 0 Å². The van der Waals surface area contributed by atoms with Crippen molar-refractivity contribution in [1.82, 2.24) is 4.57 Å². The number of hydrogen-bond donors (Lipinski definition) is 0. The van der Waals surface area contributed by atoms with Crippen molar-refractivity contribution < 1.29 is 0 Å². The summed E-state index contributed by atoms with van der Waals surface area (Å²) in [5.41, 5.74) is 8.73. The molecule has 0 saturated heterocycles. The van der Waals surface area contributed by atoms with E-state index >= 15 is 0 Å². The summed E-state index contributed by atoms with van der Waals surface area (Å²) in [7, 11) is -0.651. The van der Waals surface area contributed by atoms with Crippen molar-refractivity contribution in [3.05, 3.63) is 188 Å². The predicted octanol–water partition coefficient (Wildman–Crippen LogP) is 10.7. The molecule has 10 aromatic rings. The molecule has 9 aromatic carbocycles. The summed E-state index contributed by atoms with van der Waals surface area (Å²) < 4.78 is 2.40. The van der Waals surface area contributed by atoms with Crippen LogP contribution < -0.4 is 10.4 Å². The van der Waals surface area contributed by atoms with Gasteiger partial charge >= 0.3 is 0 Å². The van der Waals surface area contributed by atoms with Crippen LogP contribution in [0, 0.1) is 0 Å². The maximum absolute atomic E-state index is 2.50. The fraction of sp³-hybridized carbons (Fsp3) is 0. The van der Waals surface area contributed by atoms with Crippen LogP contribution in [0.1, 0.15) is 0 Å². The Morgan fingerprint density at radius 3 is 1.56 bits per heavy atom. The third-order valence-corrected chi connectivity index (χ3v) is 12.1. The molecule has 0 amide bonds. The second kappa shape index (κ2) is 11.7. The second-order valence-electron chi connectivity index (χ2n) is 13.3. The third-order valence-electron chi connectivity index (χ3n) is 10.4. The van der Waals surface area contributed by atoms with E-state index in [4.69, 9.17) is 0 Å². The highest BCUT2D eigenvalue weighted by atomic mass is 28.2. The van der Waals surface area contributed by atoms with Gasteiger partial charge in [-0.1, -0.05) is 168 Å². The van der Waals surface area contributed by atoms with Gasteiger partial charge in [0.2, 0.25) is 0 Å². The molecule has 1 nitrogen and oxygen atoms in total. The minimum atomic E-state index is -0.651. The quantitative estimate of drug-likeness (QED) is 0.129. The maximum atomic E-state index is 2.50. The fourth-order valence-corrected chi connectivity index (χ4v) is 9.63. The minimum Gasteiger partial charge on any atom is -0.309 e. The molecule has 0 saturated carbocycles. The van der Waals surface area contributed by atoms with Crippen LogP contribution >= 0.6 is 0 Å². The van der Waals surface area contributed by atoms with E-state index in [-0.39, 0.29) is 0 Å². The lowest BCUT2D eigenvalue weighted by Crippen LogP contribution is -2.26. The summed E-state index contributed by atoms with van der Waals surface area (Å²) in [6.45, 7) is 0. The first-order chi connectivity index (χ1) is 24.8. The Balaban J connectivity index is 1.22. The number of rotatable bonds is 5. The van der Waals surface area contributed by atoms with Crippen LogP contribution in [0.4, 0.5) is 0 Å². The summed E-state index contributed by atoms with van der Waals surface area (Å²) in [5.74, 6) is 0. The zero-order valence-corrected chi connectivity index (χ0v) is 29.0. The number of aromatic nitrogens is 1. The van der Waals surface area contributed by atoms with Crippen LogP contribution in [0.15, 0.2) is 188 Å². The van der Waals surface area contributed by atoms with Crippen LogP contribution in [0.3, 0.4) is 0 Å². The Labute approximate surface area is 293 Å². The minimum absolute atomic E-state index is 0.651. The highest BCUT2D eigenvalue weighted by Crippen LogP contribution is 2.44. The first-order valence-electron chi connectivity index (χ1n) is 17.4. The lowest BCUT2D eigenvalue weighted by Gasteiger charge is -2.19. The first-order valence-corrected chi connectivity index (χ1v) is 18.8. The topological polar surface area (TPSA) is 4.93 Å². The van der Waals surface area contributed by atoms with E-state index in [2.05, 4.69) is 193 Å². The molecule has 0 aliphatic carbocycles. The number of nitrogens with zero attached hydrogens (tertiary/aromatic N) is 1. The van der Waals surface area contributed by atoms with Gasteiger partial charge in [0.15, 0.2) is 0 Å². The molecule has 0 atom stereocenters. The average molecular weight is 652 g/mol. The summed E-state index contributed by atoms with van der Waals surface area (Å²) in [5, 5.41) is 13.2. The Hall–Kier alpha value is -6.22. The number of hydrogen-bond acceptors (Lipinski definition) is 0. The molecular formula is C48H33NSi. The van der Waals surface area contributed by atoms with E-state index in [9.17, 15) is 0 Å². The van der Waals surface area contributed by atoms with Crippen molar-refractivity contribution in [2.75, 3.05) is 0 Å². The predicted molar refractivity (Wildman–Crippen MR) is 218 cm³/mol. The number of para-hydroxylation sites is 2. The largest absolute Gasteiger partial charge is 0.309 e. The lowest BCUT2D eigenvalue weighted by molar-refractivity contribution is 1.18. The molecule has 50 heavy (non-hydrogen) atoms. The Bertz CT molecular complexity index is 2830. The Morgan fingerprint density at radius 1 is 0.320 bits per heavy atom. The fourth-order valence-electron chi connectivity index (χ4n) is 8.11. The third kappa shape index (κ3) is 4.68. The monoisotopic (exact) mass is 651 g/mol. The molecular weight excluding hydrogens is 619 g/mol. The number of benzene rings is 9. The van der Waals surface area contributed by atoms with Crippen LogP contribution in [0.2, 0.25) is 0 Å². The van der Waals surface area contributed by atoms with Crippen molar-refractivity contribution in [2.24, 2.45) is 0 Å². The zero-order chi connectivity index (χ0) is 33.0.